The third-order valence-electron chi connectivity index (χ3n) is 1.41. The molecule has 1 N–H and O–H groups in total. The van der Waals surface area contributed by atoms with Gasteiger partial charge in [-0.15, -0.1) is 0 Å². The topological polar surface area (TPSA) is 63.6 Å². The van der Waals surface area contributed by atoms with Gasteiger partial charge in [-0.05, 0) is 5.41 Å². The van der Waals surface area contributed by atoms with Gasteiger partial charge in [-0.25, -0.2) is 0 Å². The molecule has 0 fully saturated rings. The van der Waals surface area contributed by atoms with Gasteiger partial charge in [-0.1, -0.05) is 13.8 Å². The number of carbonyl (C=O) groups is 2. The lowest BCUT2D eigenvalue weighted by Crippen LogP contribution is -2.21. The summed E-state index contributed by atoms with van der Waals surface area (Å²) in [6.07, 6.45) is 0.0187. The number of carboxylic acids is 1. The van der Waals surface area contributed by atoms with E-state index in [1.54, 1.807) is 13.8 Å². The Balaban J connectivity index is 4.03. The maximum atomic E-state index is 10.7. The highest BCUT2D eigenvalue weighted by Crippen LogP contribution is 2.25. The Morgan fingerprint density at radius 1 is 1.42 bits per heavy atom. The van der Waals surface area contributed by atoms with Gasteiger partial charge < -0.3 is 9.84 Å². The first kappa shape index (κ1) is 10.9. The van der Waals surface area contributed by atoms with Gasteiger partial charge in [-0.3, -0.25) is 9.59 Å². The molecular formula is C8H13O4. The number of ether oxygens (including phenoxy) is 1. The fourth-order valence-electron chi connectivity index (χ4n) is 0.914. The fourth-order valence-corrected chi connectivity index (χ4v) is 0.914. The van der Waals surface area contributed by atoms with Crippen LogP contribution < -0.4 is 0 Å². The maximum absolute atomic E-state index is 10.7. The highest BCUT2D eigenvalue weighted by molar-refractivity contribution is 5.73. The van der Waals surface area contributed by atoms with Gasteiger partial charge in [0, 0.05) is 0 Å². The lowest BCUT2D eigenvalue weighted by atomic mass is 9.86. The molecule has 0 saturated heterocycles. The Morgan fingerprint density at radius 2 is 1.92 bits per heavy atom. The van der Waals surface area contributed by atoms with Crippen molar-refractivity contribution in [3.05, 3.63) is 7.11 Å². The van der Waals surface area contributed by atoms with Gasteiger partial charge in [0.05, 0.1) is 12.8 Å². The Labute approximate surface area is 71.5 Å². The van der Waals surface area contributed by atoms with Crippen LogP contribution >= 0.6 is 0 Å². The van der Waals surface area contributed by atoms with Crippen LogP contribution in [0.25, 0.3) is 0 Å². The molecule has 0 bridgehead atoms. The van der Waals surface area contributed by atoms with E-state index in [1.165, 1.54) is 0 Å². The molecule has 12 heavy (non-hydrogen) atoms. The van der Waals surface area contributed by atoms with E-state index in [9.17, 15) is 9.59 Å². The number of rotatable bonds is 4. The zero-order valence-electron chi connectivity index (χ0n) is 7.29. The van der Waals surface area contributed by atoms with Gasteiger partial charge in [0.25, 0.3) is 0 Å². The number of hydrogen-bond donors (Lipinski definition) is 1. The molecule has 0 atom stereocenters. The molecule has 69 valence electrons. The van der Waals surface area contributed by atoms with E-state index in [0.717, 1.165) is 0 Å². The van der Waals surface area contributed by atoms with E-state index in [2.05, 4.69) is 11.8 Å². The van der Waals surface area contributed by atoms with Crippen molar-refractivity contribution >= 4 is 11.9 Å². The standard InChI is InChI=1S/C8H13O4/c1-8(2,4-6(9)10)5-7(11)12-3/h3-5H2,1-2H3,(H,9,10). The second-order valence-corrected chi connectivity index (χ2v) is 3.43. The lowest BCUT2D eigenvalue weighted by Gasteiger charge is -2.19. The van der Waals surface area contributed by atoms with Crippen molar-refractivity contribution < 1.29 is 19.4 Å². The van der Waals surface area contributed by atoms with E-state index in [4.69, 9.17) is 5.11 Å². The average Bonchev–Trinajstić information content (AvgIpc) is 1.83. The normalized spacial score (nSPS) is 10.9. The summed E-state index contributed by atoms with van der Waals surface area (Å²) in [5.41, 5.74) is -0.569. The van der Waals surface area contributed by atoms with E-state index in [1.807, 2.05) is 0 Å². The van der Waals surface area contributed by atoms with Gasteiger partial charge >= 0.3 is 11.9 Å². The predicted molar refractivity (Wildman–Crippen MR) is 42.1 cm³/mol. The molecule has 0 heterocycles. The van der Waals surface area contributed by atoms with Crippen LogP contribution in [0.4, 0.5) is 0 Å². The maximum Gasteiger partial charge on any atom is 0.306 e. The summed E-state index contributed by atoms with van der Waals surface area (Å²) in [5.74, 6) is -1.40. The van der Waals surface area contributed by atoms with Crippen LogP contribution in [0.5, 0.6) is 0 Å². The molecule has 0 aliphatic rings. The lowest BCUT2D eigenvalue weighted by molar-refractivity contribution is -0.143. The second-order valence-electron chi connectivity index (χ2n) is 3.43. The molecule has 4 heteroatoms. The molecule has 4 nitrogen and oxygen atoms in total. The molecular weight excluding hydrogens is 160 g/mol. The van der Waals surface area contributed by atoms with Crippen molar-refractivity contribution in [2.24, 2.45) is 5.41 Å². The molecule has 0 spiro atoms. The molecule has 0 rings (SSSR count). The zero-order valence-corrected chi connectivity index (χ0v) is 7.29. The molecule has 0 saturated carbocycles. The number of hydrogen-bond acceptors (Lipinski definition) is 3. The number of esters is 1. The first-order valence-corrected chi connectivity index (χ1v) is 3.54. The zero-order chi connectivity index (χ0) is 9.78. The van der Waals surface area contributed by atoms with E-state index < -0.39 is 17.4 Å². The van der Waals surface area contributed by atoms with Gasteiger partial charge in [0.15, 0.2) is 0 Å². The average molecular weight is 173 g/mol. The first-order chi connectivity index (χ1) is 5.37. The van der Waals surface area contributed by atoms with Crippen molar-refractivity contribution in [1.29, 1.82) is 0 Å². The Kier molecular flexibility index (Phi) is 3.73. The molecule has 0 amide bonds. The minimum absolute atomic E-state index is 0.0535. The quantitative estimate of drug-likeness (QED) is 0.649. The third kappa shape index (κ3) is 4.71. The van der Waals surface area contributed by atoms with E-state index >= 15 is 0 Å². The first-order valence-electron chi connectivity index (χ1n) is 3.54. The van der Waals surface area contributed by atoms with Crippen molar-refractivity contribution in [3.8, 4) is 0 Å². The summed E-state index contributed by atoms with van der Waals surface area (Å²) in [7, 11) is 2.95. The van der Waals surface area contributed by atoms with Crippen LogP contribution in [0.15, 0.2) is 0 Å². The highest BCUT2D eigenvalue weighted by atomic mass is 16.5. The van der Waals surface area contributed by atoms with Crippen LogP contribution in [0.1, 0.15) is 26.7 Å². The van der Waals surface area contributed by atoms with Crippen LogP contribution in [0, 0.1) is 12.5 Å². The Bertz CT molecular complexity index is 183. The van der Waals surface area contributed by atoms with Crippen LogP contribution in [-0.4, -0.2) is 17.0 Å². The van der Waals surface area contributed by atoms with Crippen molar-refractivity contribution in [2.75, 3.05) is 0 Å². The summed E-state index contributed by atoms with van der Waals surface area (Å²) in [5, 5.41) is 8.47. The van der Waals surface area contributed by atoms with Crippen molar-refractivity contribution in [2.45, 2.75) is 26.7 Å². The van der Waals surface area contributed by atoms with Crippen molar-refractivity contribution in [3.63, 3.8) is 0 Å². The number of carboxylic acid groups (broad SMARTS) is 1. The summed E-state index contributed by atoms with van der Waals surface area (Å²) in [6.45, 7) is 3.38. The van der Waals surface area contributed by atoms with Gasteiger partial charge in [0.2, 0.25) is 0 Å². The second kappa shape index (κ2) is 4.09. The molecule has 0 aromatic rings. The predicted octanol–water partition coefficient (Wildman–Crippen LogP) is 1.21. The fraction of sp³-hybridized carbons (Fsp3) is 0.625. The molecule has 0 aliphatic heterocycles. The van der Waals surface area contributed by atoms with Gasteiger partial charge in [-0.2, -0.15) is 0 Å². The molecule has 0 aliphatic carbocycles. The molecule has 0 aromatic heterocycles. The van der Waals surface area contributed by atoms with E-state index in [0.29, 0.717) is 0 Å². The SMILES string of the molecule is [CH2]OC(=O)CC(C)(C)CC(=O)O. The van der Waals surface area contributed by atoms with Crippen LogP contribution in [0.3, 0.4) is 0 Å². The van der Waals surface area contributed by atoms with Gasteiger partial charge in [0.1, 0.15) is 7.11 Å². The number of carbonyl (C=O) groups excluding carboxylic acids is 1. The Morgan fingerprint density at radius 3 is 2.25 bits per heavy atom. The molecule has 1 radical (unpaired) electrons. The third-order valence-corrected chi connectivity index (χ3v) is 1.41. The highest BCUT2D eigenvalue weighted by Gasteiger charge is 2.25. The monoisotopic (exact) mass is 173 g/mol. The largest absolute Gasteiger partial charge is 0.481 e. The molecule has 0 unspecified atom stereocenters. The summed E-state index contributed by atoms with van der Waals surface area (Å²) < 4.78 is 4.19. The summed E-state index contributed by atoms with van der Waals surface area (Å²) in [6, 6.07) is 0. The summed E-state index contributed by atoms with van der Waals surface area (Å²) >= 11 is 0. The van der Waals surface area contributed by atoms with E-state index in [-0.39, 0.29) is 12.8 Å². The van der Waals surface area contributed by atoms with Crippen LogP contribution in [-0.2, 0) is 14.3 Å². The smallest absolute Gasteiger partial charge is 0.306 e. The summed E-state index contributed by atoms with van der Waals surface area (Å²) in [4.78, 5) is 21.0. The van der Waals surface area contributed by atoms with Crippen LogP contribution in [0.2, 0.25) is 0 Å². The minimum atomic E-state index is -0.920. The number of aliphatic carboxylic acids is 1. The minimum Gasteiger partial charge on any atom is -0.481 e. The van der Waals surface area contributed by atoms with Crippen molar-refractivity contribution in [1.82, 2.24) is 0 Å². The Hall–Kier alpha value is -1.06. The molecule has 0 aromatic carbocycles.